The minimum Gasteiger partial charge on any atom is -0.443 e. The Hall–Kier alpha value is -3.23. The van der Waals surface area contributed by atoms with Crippen LogP contribution < -0.4 is 21.7 Å². The van der Waals surface area contributed by atoms with Crippen molar-refractivity contribution in [3.05, 3.63) is 46.7 Å². The van der Waals surface area contributed by atoms with E-state index < -0.39 is 57.9 Å². The number of thiophene rings is 1. The van der Waals surface area contributed by atoms with Crippen LogP contribution in [0.4, 0.5) is 4.79 Å². The maximum absolute atomic E-state index is 12.9. The Morgan fingerprint density at radius 1 is 1.34 bits per heavy atom. The van der Waals surface area contributed by atoms with Crippen LogP contribution in [0.15, 0.2) is 41.8 Å². The number of hydrogen-bond donors (Lipinski definition) is 5. The van der Waals surface area contributed by atoms with E-state index >= 15 is 0 Å². The van der Waals surface area contributed by atoms with Crippen LogP contribution in [0, 0.1) is 0 Å². The van der Waals surface area contributed by atoms with Gasteiger partial charge in [-0.25, -0.2) is 13.2 Å². The monoisotopic (exact) mass is 528 g/mol. The van der Waals surface area contributed by atoms with Crippen molar-refractivity contribution in [1.29, 1.82) is 0 Å². The number of ether oxygens (including phenoxy) is 1. The molecule has 0 bridgehead atoms. The zero-order valence-corrected chi connectivity index (χ0v) is 20.6. The molecule has 0 saturated carbocycles. The molecular formula is C21H28N4O8S2. The lowest BCUT2D eigenvalue weighted by molar-refractivity contribution is -0.125. The predicted octanol–water partition coefficient (Wildman–Crippen LogP) is -0.777. The van der Waals surface area contributed by atoms with Gasteiger partial charge in [0.25, 0.3) is 5.91 Å². The average Bonchev–Trinajstić information content (AvgIpc) is 3.31. The van der Waals surface area contributed by atoms with Gasteiger partial charge in [-0.3, -0.25) is 14.4 Å². The molecule has 35 heavy (non-hydrogen) atoms. The lowest BCUT2D eigenvalue weighted by Gasteiger charge is -2.33. The summed E-state index contributed by atoms with van der Waals surface area (Å²) in [6.45, 7) is 3.57. The van der Waals surface area contributed by atoms with Gasteiger partial charge in [0.15, 0.2) is 0 Å². The van der Waals surface area contributed by atoms with Crippen molar-refractivity contribution in [1.82, 2.24) is 16.0 Å². The molecule has 4 amide bonds. The van der Waals surface area contributed by atoms with Gasteiger partial charge in [-0.1, -0.05) is 18.2 Å². The molecule has 12 nitrogen and oxygen atoms in total. The quantitative estimate of drug-likeness (QED) is 0.231. The number of nitrogens with one attached hydrogen (secondary N) is 3. The Kier molecular flexibility index (Phi) is 9.98. The minimum atomic E-state index is -3.42. The largest absolute Gasteiger partial charge is 0.443 e. The summed E-state index contributed by atoms with van der Waals surface area (Å²) < 4.78 is 28.1. The summed E-state index contributed by atoms with van der Waals surface area (Å²) in [7, 11) is -3.42. The number of carbonyl (C=O) groups is 4. The highest BCUT2D eigenvalue weighted by atomic mass is 32.2. The van der Waals surface area contributed by atoms with Crippen LogP contribution in [-0.4, -0.2) is 80.2 Å². The molecule has 192 valence electrons. The van der Waals surface area contributed by atoms with Gasteiger partial charge in [0.1, 0.15) is 28.1 Å². The Morgan fingerprint density at radius 3 is 2.63 bits per heavy atom. The van der Waals surface area contributed by atoms with Gasteiger partial charge in [-0.05, 0) is 17.9 Å². The van der Waals surface area contributed by atoms with Crippen LogP contribution in [0.2, 0.25) is 0 Å². The maximum Gasteiger partial charge on any atom is 0.407 e. The Balaban J connectivity index is 2.24. The van der Waals surface area contributed by atoms with E-state index in [4.69, 9.17) is 10.5 Å². The second-order valence-corrected chi connectivity index (χ2v) is 11.0. The molecule has 2 rings (SSSR count). The molecule has 0 aliphatic heterocycles. The minimum absolute atomic E-state index is 0.00101. The van der Waals surface area contributed by atoms with Crippen molar-refractivity contribution in [2.45, 2.75) is 37.1 Å². The molecular weight excluding hydrogens is 500 g/mol. The summed E-state index contributed by atoms with van der Waals surface area (Å²) in [6.07, 6.45) is -0.261. The fourth-order valence-corrected chi connectivity index (χ4v) is 4.48. The molecule has 1 aliphatic rings. The molecule has 4 unspecified atom stereocenters. The van der Waals surface area contributed by atoms with Gasteiger partial charge in [0.05, 0.1) is 16.7 Å². The first-order valence-corrected chi connectivity index (χ1v) is 13.4. The van der Waals surface area contributed by atoms with Crippen LogP contribution in [0.5, 0.6) is 0 Å². The predicted molar refractivity (Wildman–Crippen MR) is 128 cm³/mol. The van der Waals surface area contributed by atoms with E-state index in [2.05, 4.69) is 22.5 Å². The second-order valence-electron chi connectivity index (χ2n) is 7.82. The normalized spacial score (nSPS) is 20.6. The molecule has 0 spiro atoms. The Labute approximate surface area is 206 Å². The number of rotatable bonds is 11. The summed E-state index contributed by atoms with van der Waals surface area (Å²) in [5, 5.41) is 19.8. The summed E-state index contributed by atoms with van der Waals surface area (Å²) in [6, 6.07) is 0.850. The third-order valence-corrected chi connectivity index (χ3v) is 6.81. The van der Waals surface area contributed by atoms with Crippen LogP contribution >= 0.6 is 11.3 Å². The van der Waals surface area contributed by atoms with E-state index in [-0.39, 0.29) is 30.7 Å². The lowest BCUT2D eigenvalue weighted by Crippen LogP contribution is -2.53. The molecule has 6 N–H and O–H groups in total. The highest BCUT2D eigenvalue weighted by molar-refractivity contribution is 7.90. The smallest absolute Gasteiger partial charge is 0.407 e. The summed E-state index contributed by atoms with van der Waals surface area (Å²) in [5.41, 5.74) is 5.30. The van der Waals surface area contributed by atoms with Crippen molar-refractivity contribution >= 4 is 45.0 Å². The van der Waals surface area contributed by atoms with Crippen LogP contribution in [0.3, 0.4) is 0 Å². The van der Waals surface area contributed by atoms with Gasteiger partial charge >= 0.3 is 6.09 Å². The first-order valence-electron chi connectivity index (χ1n) is 10.5. The van der Waals surface area contributed by atoms with Crippen molar-refractivity contribution in [3.63, 3.8) is 0 Å². The first-order chi connectivity index (χ1) is 16.4. The highest BCUT2D eigenvalue weighted by Crippen LogP contribution is 2.24. The van der Waals surface area contributed by atoms with E-state index in [0.29, 0.717) is 4.88 Å². The SMILES string of the molecule is C=CCNC(=O)OC1CC(C(=O)NC(CCS(C)(=O)=O)C(N)=O)=CC(NC(=O)c2cccs2)C1O. The van der Waals surface area contributed by atoms with E-state index in [1.807, 2.05) is 0 Å². The lowest BCUT2D eigenvalue weighted by atomic mass is 9.89. The van der Waals surface area contributed by atoms with Gasteiger partial charge < -0.3 is 31.5 Å². The molecule has 0 radical (unpaired) electrons. The Morgan fingerprint density at radius 2 is 2.06 bits per heavy atom. The van der Waals surface area contributed by atoms with Gasteiger partial charge in [-0.15, -0.1) is 17.9 Å². The number of sulfone groups is 1. The third kappa shape index (κ3) is 8.81. The van der Waals surface area contributed by atoms with Gasteiger partial charge in [-0.2, -0.15) is 0 Å². The molecule has 0 fully saturated rings. The molecule has 0 aromatic carbocycles. The van der Waals surface area contributed by atoms with Crippen LogP contribution in [0.25, 0.3) is 0 Å². The van der Waals surface area contributed by atoms with Gasteiger partial charge in [0.2, 0.25) is 11.8 Å². The first kappa shape index (κ1) is 28.0. The maximum atomic E-state index is 12.9. The van der Waals surface area contributed by atoms with E-state index in [9.17, 15) is 32.7 Å². The fraction of sp³-hybridized carbons (Fsp3) is 0.429. The number of aliphatic hydroxyl groups is 1. The molecule has 14 heteroatoms. The Bertz CT molecular complexity index is 1080. The van der Waals surface area contributed by atoms with Crippen LogP contribution in [0.1, 0.15) is 22.5 Å². The molecule has 0 saturated heterocycles. The van der Waals surface area contributed by atoms with Gasteiger partial charge in [0, 0.05) is 24.8 Å². The zero-order chi connectivity index (χ0) is 26.2. The summed E-state index contributed by atoms with van der Waals surface area (Å²) >= 11 is 1.17. The van der Waals surface area contributed by atoms with E-state index in [0.717, 1.165) is 6.26 Å². The molecule has 4 atom stereocenters. The van der Waals surface area contributed by atoms with Crippen molar-refractivity contribution in [2.75, 3.05) is 18.6 Å². The number of aliphatic hydroxyl groups excluding tert-OH is 1. The number of primary amides is 1. The molecule has 1 aliphatic carbocycles. The van der Waals surface area contributed by atoms with Crippen LogP contribution in [-0.2, 0) is 24.2 Å². The molecule has 1 heterocycles. The number of carbonyl (C=O) groups excluding carboxylic acids is 4. The molecule has 1 aromatic rings. The number of alkyl carbamates (subject to hydrolysis) is 1. The van der Waals surface area contributed by atoms with E-state index in [1.54, 1.807) is 17.5 Å². The number of nitrogens with two attached hydrogens (primary N) is 1. The standard InChI is InChI=1S/C21H28N4O8S2/c1-3-7-23-21(30)33-15-11-12(19(28)24-13(18(22)27)6-9-35(2,31)32)10-14(17(15)26)25-20(29)16-5-4-8-34-16/h3-5,8,10,13-15,17,26H,1,6-7,9,11H2,2H3,(H2,22,27)(H,23,30)(H,24,28)(H,25,29). The van der Waals surface area contributed by atoms with Crippen molar-refractivity contribution in [3.8, 4) is 0 Å². The highest BCUT2D eigenvalue weighted by Gasteiger charge is 2.38. The molecule has 1 aromatic heterocycles. The van der Waals surface area contributed by atoms with Crippen molar-refractivity contribution < 1.29 is 37.4 Å². The van der Waals surface area contributed by atoms with Crippen molar-refractivity contribution in [2.24, 2.45) is 5.73 Å². The fourth-order valence-electron chi connectivity index (χ4n) is 3.19. The average molecular weight is 529 g/mol. The summed E-state index contributed by atoms with van der Waals surface area (Å²) in [5.74, 6) is -2.62. The number of hydrogen-bond acceptors (Lipinski definition) is 9. The topological polar surface area (TPSA) is 194 Å². The second kappa shape index (κ2) is 12.5. The summed E-state index contributed by atoms with van der Waals surface area (Å²) in [4.78, 5) is 49.6. The van der Waals surface area contributed by atoms with E-state index in [1.165, 1.54) is 23.5 Å². The zero-order valence-electron chi connectivity index (χ0n) is 18.9. The third-order valence-electron chi connectivity index (χ3n) is 4.96. The number of amides is 4.